The van der Waals surface area contributed by atoms with Crippen LogP contribution in [0.15, 0.2) is 85.1 Å². The number of aromatic nitrogens is 3. The number of allylic oxidation sites excluding steroid dienone is 1. The zero-order valence-corrected chi connectivity index (χ0v) is 22.1. The average Bonchev–Trinajstić information content (AvgIpc) is 3.72. The molecule has 1 saturated carbocycles. The Balaban J connectivity index is 1.39. The molecule has 3 aromatic carbocycles. The van der Waals surface area contributed by atoms with Crippen LogP contribution in [0.3, 0.4) is 0 Å². The van der Waals surface area contributed by atoms with Gasteiger partial charge in [0, 0.05) is 24.5 Å². The summed E-state index contributed by atoms with van der Waals surface area (Å²) in [5.74, 6) is 2.50. The summed E-state index contributed by atoms with van der Waals surface area (Å²) in [6.45, 7) is 4.90. The monoisotopic (exact) mass is 511 g/mol. The molecule has 2 heterocycles. The fourth-order valence-corrected chi connectivity index (χ4v) is 4.94. The summed E-state index contributed by atoms with van der Waals surface area (Å²) >= 11 is 0. The topological polar surface area (TPSA) is 75.8 Å². The highest BCUT2D eigenvalue weighted by atomic mass is 16.5. The maximum Gasteiger partial charge on any atom is 0.249 e. The standard InChI is InChI=1S/C33H29N5O/c1-22-19-27(26-12-13-26)20-23(2)31(22)39-32-30-29(16-18-38(30)21-25-7-4-3-5-8-25)36-33(37-32)35-28-14-10-24(11-15-28)9-6-17-34/h3-11,14-16,18-20,26H,12-13,21H2,1-2H3,(H,35,36,37)/b9-6+. The first-order valence-electron chi connectivity index (χ1n) is 13.2. The lowest BCUT2D eigenvalue weighted by molar-refractivity contribution is 0.458. The molecule has 5 aromatic rings. The van der Waals surface area contributed by atoms with Gasteiger partial charge in [0.15, 0.2) is 0 Å². The quantitative estimate of drug-likeness (QED) is 0.213. The minimum atomic E-state index is 0.459. The molecule has 6 heteroatoms. The average molecular weight is 512 g/mol. The van der Waals surface area contributed by atoms with Crippen molar-refractivity contribution >= 4 is 28.7 Å². The molecule has 0 amide bonds. The van der Waals surface area contributed by atoms with Crippen molar-refractivity contribution in [2.75, 3.05) is 5.32 Å². The molecule has 0 saturated heterocycles. The molecule has 0 radical (unpaired) electrons. The molecule has 6 nitrogen and oxygen atoms in total. The van der Waals surface area contributed by atoms with Crippen LogP contribution in [-0.2, 0) is 6.54 Å². The molecule has 0 unspecified atom stereocenters. The van der Waals surface area contributed by atoms with Gasteiger partial charge in [-0.25, -0.2) is 4.98 Å². The fourth-order valence-electron chi connectivity index (χ4n) is 4.94. The van der Waals surface area contributed by atoms with Crippen LogP contribution in [0.5, 0.6) is 11.6 Å². The summed E-state index contributed by atoms with van der Waals surface area (Å²) in [5.41, 5.74) is 8.26. The fraction of sp³-hybridized carbons (Fsp3) is 0.182. The second kappa shape index (κ2) is 10.5. The SMILES string of the molecule is Cc1cc(C2CC2)cc(C)c1Oc1nc(Nc2ccc(/C=C/C#N)cc2)nc2ccn(Cc3ccccc3)c12. The minimum Gasteiger partial charge on any atom is -0.436 e. The Morgan fingerprint density at radius 2 is 1.74 bits per heavy atom. The van der Waals surface area contributed by atoms with E-state index in [1.54, 1.807) is 6.08 Å². The van der Waals surface area contributed by atoms with E-state index in [4.69, 9.17) is 20.0 Å². The van der Waals surface area contributed by atoms with Gasteiger partial charge in [0.1, 0.15) is 11.3 Å². The van der Waals surface area contributed by atoms with Crippen LogP contribution in [0.1, 0.15) is 46.6 Å². The Kier molecular flexibility index (Phi) is 6.56. The van der Waals surface area contributed by atoms with Crippen LogP contribution in [0.2, 0.25) is 0 Å². The Bertz CT molecular complexity index is 1680. The number of nitriles is 1. The van der Waals surface area contributed by atoms with Crippen LogP contribution in [0, 0.1) is 25.2 Å². The third-order valence-corrected chi connectivity index (χ3v) is 7.02. The van der Waals surface area contributed by atoms with Gasteiger partial charge in [-0.15, -0.1) is 0 Å². The van der Waals surface area contributed by atoms with Crippen LogP contribution >= 0.6 is 0 Å². The van der Waals surface area contributed by atoms with Crippen molar-refractivity contribution in [3.63, 3.8) is 0 Å². The van der Waals surface area contributed by atoms with Gasteiger partial charge in [0.25, 0.3) is 0 Å². The molecular formula is C33H29N5O. The normalized spacial score (nSPS) is 13.1. The second-order valence-electron chi connectivity index (χ2n) is 10.1. The van der Waals surface area contributed by atoms with E-state index in [0.29, 0.717) is 24.3 Å². The Labute approximate surface area is 228 Å². The third kappa shape index (κ3) is 5.39. The third-order valence-electron chi connectivity index (χ3n) is 7.02. The number of anilines is 2. The van der Waals surface area contributed by atoms with E-state index in [1.807, 2.05) is 60.8 Å². The molecule has 1 aliphatic rings. The largest absolute Gasteiger partial charge is 0.436 e. The van der Waals surface area contributed by atoms with Crippen molar-refractivity contribution in [3.05, 3.63) is 113 Å². The number of nitrogens with zero attached hydrogens (tertiary/aromatic N) is 4. The number of hydrogen-bond acceptors (Lipinski definition) is 5. The molecular weight excluding hydrogens is 482 g/mol. The molecule has 0 spiro atoms. The predicted molar refractivity (Wildman–Crippen MR) is 155 cm³/mol. The van der Waals surface area contributed by atoms with E-state index in [9.17, 15) is 0 Å². The van der Waals surface area contributed by atoms with Crippen LogP contribution < -0.4 is 10.1 Å². The van der Waals surface area contributed by atoms with Gasteiger partial charge in [-0.3, -0.25) is 0 Å². The van der Waals surface area contributed by atoms with Crippen molar-refractivity contribution in [1.82, 2.24) is 14.5 Å². The highest BCUT2D eigenvalue weighted by molar-refractivity contribution is 5.83. The second-order valence-corrected chi connectivity index (χ2v) is 10.1. The van der Waals surface area contributed by atoms with E-state index in [0.717, 1.165) is 39.2 Å². The number of nitrogens with one attached hydrogen (secondary N) is 1. The van der Waals surface area contributed by atoms with Crippen LogP contribution in [0.25, 0.3) is 17.1 Å². The van der Waals surface area contributed by atoms with Crippen molar-refractivity contribution in [1.29, 1.82) is 5.26 Å². The highest BCUT2D eigenvalue weighted by Crippen LogP contribution is 2.43. The maximum absolute atomic E-state index is 8.78. The molecule has 0 aliphatic heterocycles. The van der Waals surface area contributed by atoms with Gasteiger partial charge in [-0.2, -0.15) is 10.2 Å². The Hall–Kier alpha value is -4.89. The van der Waals surface area contributed by atoms with Gasteiger partial charge in [-0.05, 0) is 84.7 Å². The highest BCUT2D eigenvalue weighted by Gasteiger charge is 2.25. The lowest BCUT2D eigenvalue weighted by atomic mass is 10.0. The summed E-state index contributed by atoms with van der Waals surface area (Å²) in [6, 6.07) is 26.6. The van der Waals surface area contributed by atoms with E-state index < -0.39 is 0 Å². The summed E-state index contributed by atoms with van der Waals surface area (Å²) in [4.78, 5) is 9.69. The van der Waals surface area contributed by atoms with Gasteiger partial charge in [0.05, 0.1) is 11.6 Å². The van der Waals surface area contributed by atoms with E-state index in [2.05, 4.69) is 48.0 Å². The van der Waals surface area contributed by atoms with E-state index >= 15 is 0 Å². The number of benzene rings is 3. The molecule has 1 aliphatic carbocycles. The van der Waals surface area contributed by atoms with E-state index in [1.165, 1.54) is 30.0 Å². The number of ether oxygens (including phenoxy) is 1. The summed E-state index contributed by atoms with van der Waals surface area (Å²) in [5, 5.41) is 12.1. The van der Waals surface area contributed by atoms with Crippen LogP contribution in [-0.4, -0.2) is 14.5 Å². The van der Waals surface area contributed by atoms with Crippen molar-refractivity contribution < 1.29 is 4.74 Å². The van der Waals surface area contributed by atoms with Crippen molar-refractivity contribution in [2.24, 2.45) is 0 Å². The van der Waals surface area contributed by atoms with Gasteiger partial charge >= 0.3 is 0 Å². The van der Waals surface area contributed by atoms with E-state index in [-0.39, 0.29) is 0 Å². The number of hydrogen-bond donors (Lipinski definition) is 1. The van der Waals surface area contributed by atoms with Gasteiger partial charge in [-0.1, -0.05) is 54.6 Å². The number of aryl methyl sites for hydroxylation is 2. The molecule has 1 N–H and O–H groups in total. The zero-order chi connectivity index (χ0) is 26.8. The minimum absolute atomic E-state index is 0.459. The Morgan fingerprint density at radius 1 is 1.00 bits per heavy atom. The predicted octanol–water partition coefficient (Wildman–Crippen LogP) is 8.05. The number of fused-ring (bicyclic) bond motifs is 1. The number of rotatable bonds is 8. The lowest BCUT2D eigenvalue weighted by Gasteiger charge is -2.16. The summed E-state index contributed by atoms with van der Waals surface area (Å²) in [6.07, 6.45) is 7.80. The van der Waals surface area contributed by atoms with Gasteiger partial charge in [0.2, 0.25) is 11.8 Å². The summed E-state index contributed by atoms with van der Waals surface area (Å²) < 4.78 is 8.78. The summed E-state index contributed by atoms with van der Waals surface area (Å²) in [7, 11) is 0. The van der Waals surface area contributed by atoms with Gasteiger partial charge < -0.3 is 14.6 Å². The molecule has 1 fully saturated rings. The first kappa shape index (κ1) is 24.4. The smallest absolute Gasteiger partial charge is 0.249 e. The van der Waals surface area contributed by atoms with Crippen LogP contribution in [0.4, 0.5) is 11.6 Å². The first-order valence-corrected chi connectivity index (χ1v) is 13.2. The molecule has 192 valence electrons. The molecule has 0 atom stereocenters. The van der Waals surface area contributed by atoms with Crippen molar-refractivity contribution in [3.8, 4) is 17.7 Å². The zero-order valence-electron chi connectivity index (χ0n) is 22.1. The molecule has 6 rings (SSSR count). The first-order chi connectivity index (χ1) is 19.1. The molecule has 0 bridgehead atoms. The maximum atomic E-state index is 8.78. The lowest BCUT2D eigenvalue weighted by Crippen LogP contribution is -2.05. The Morgan fingerprint density at radius 3 is 2.44 bits per heavy atom. The molecule has 39 heavy (non-hydrogen) atoms. The molecule has 2 aromatic heterocycles. The van der Waals surface area contributed by atoms with Crippen molar-refractivity contribution in [2.45, 2.75) is 39.2 Å².